The molecule has 0 aliphatic carbocycles. The van der Waals surface area contributed by atoms with Crippen LogP contribution in [0.3, 0.4) is 0 Å². The lowest BCUT2D eigenvalue weighted by Crippen LogP contribution is -2.14. The first kappa shape index (κ1) is 13.2. The molecular weight excluding hydrogens is 290 g/mol. The molecule has 0 spiro atoms. The van der Waals surface area contributed by atoms with Gasteiger partial charge in [0.1, 0.15) is 0 Å². The molecule has 94 valence electrons. The summed E-state index contributed by atoms with van der Waals surface area (Å²) in [4.78, 5) is 9.03. The van der Waals surface area contributed by atoms with E-state index in [1.807, 2.05) is 44.4 Å². The molecule has 1 N–H and O–H groups in total. The number of nitrogens with one attached hydrogen (secondary N) is 1. The standard InChI is InChI=1S/C14H16BrN3/c1-9(16-3)13-8-17-14(18-10(13)2)11-5-4-6-12(15)7-11/h4-9,16H,1-3H3. The Morgan fingerprint density at radius 3 is 2.72 bits per heavy atom. The van der Waals surface area contributed by atoms with Crippen LogP contribution in [-0.2, 0) is 0 Å². The molecule has 2 rings (SSSR count). The molecule has 0 saturated heterocycles. The summed E-state index contributed by atoms with van der Waals surface area (Å²) < 4.78 is 1.04. The molecule has 0 fully saturated rings. The van der Waals surface area contributed by atoms with Gasteiger partial charge in [0.05, 0.1) is 0 Å². The van der Waals surface area contributed by atoms with E-state index in [1.165, 1.54) is 0 Å². The lowest BCUT2D eigenvalue weighted by molar-refractivity contribution is 0.641. The molecule has 0 aliphatic rings. The summed E-state index contributed by atoms with van der Waals surface area (Å²) in [6.07, 6.45) is 1.90. The molecule has 0 radical (unpaired) electrons. The van der Waals surface area contributed by atoms with E-state index in [4.69, 9.17) is 0 Å². The summed E-state index contributed by atoms with van der Waals surface area (Å²) in [7, 11) is 1.94. The zero-order valence-electron chi connectivity index (χ0n) is 10.7. The van der Waals surface area contributed by atoms with Crippen molar-refractivity contribution < 1.29 is 0 Å². The van der Waals surface area contributed by atoms with E-state index in [2.05, 4.69) is 38.1 Å². The van der Waals surface area contributed by atoms with E-state index in [-0.39, 0.29) is 6.04 Å². The van der Waals surface area contributed by atoms with Crippen LogP contribution in [0, 0.1) is 6.92 Å². The zero-order valence-corrected chi connectivity index (χ0v) is 12.3. The average molecular weight is 306 g/mol. The van der Waals surface area contributed by atoms with Crippen molar-refractivity contribution in [1.29, 1.82) is 0 Å². The molecular formula is C14H16BrN3. The number of rotatable bonds is 3. The molecule has 1 unspecified atom stereocenters. The fourth-order valence-electron chi connectivity index (χ4n) is 1.82. The number of hydrogen-bond donors (Lipinski definition) is 1. The van der Waals surface area contributed by atoms with Gasteiger partial charge < -0.3 is 5.32 Å². The monoisotopic (exact) mass is 305 g/mol. The Kier molecular flexibility index (Phi) is 4.09. The second kappa shape index (κ2) is 5.59. The highest BCUT2D eigenvalue weighted by Crippen LogP contribution is 2.22. The van der Waals surface area contributed by atoms with E-state index < -0.39 is 0 Å². The third-order valence-electron chi connectivity index (χ3n) is 3.00. The topological polar surface area (TPSA) is 37.8 Å². The van der Waals surface area contributed by atoms with Crippen LogP contribution in [0.4, 0.5) is 0 Å². The lowest BCUT2D eigenvalue weighted by Gasteiger charge is -2.13. The van der Waals surface area contributed by atoms with E-state index in [9.17, 15) is 0 Å². The van der Waals surface area contributed by atoms with Crippen molar-refractivity contribution in [3.8, 4) is 11.4 Å². The van der Waals surface area contributed by atoms with E-state index in [1.54, 1.807) is 0 Å². The minimum absolute atomic E-state index is 0.265. The van der Waals surface area contributed by atoms with Crippen molar-refractivity contribution in [2.24, 2.45) is 0 Å². The third kappa shape index (κ3) is 2.76. The summed E-state index contributed by atoms with van der Waals surface area (Å²) in [6, 6.07) is 8.29. The van der Waals surface area contributed by atoms with Gasteiger partial charge in [-0.15, -0.1) is 0 Å². The van der Waals surface area contributed by atoms with Gasteiger partial charge in [0, 0.05) is 33.5 Å². The Balaban J connectivity index is 2.40. The van der Waals surface area contributed by atoms with Gasteiger partial charge in [0.2, 0.25) is 0 Å². The first-order chi connectivity index (χ1) is 8.61. The van der Waals surface area contributed by atoms with E-state index in [0.717, 1.165) is 27.1 Å². The van der Waals surface area contributed by atoms with Crippen molar-refractivity contribution in [2.75, 3.05) is 7.05 Å². The predicted octanol–water partition coefficient (Wildman–Crippen LogP) is 3.49. The minimum Gasteiger partial charge on any atom is -0.313 e. The Hall–Kier alpha value is -1.26. The Morgan fingerprint density at radius 2 is 2.11 bits per heavy atom. The third-order valence-corrected chi connectivity index (χ3v) is 3.49. The number of hydrogen-bond acceptors (Lipinski definition) is 3. The fraction of sp³-hybridized carbons (Fsp3) is 0.286. The second-order valence-electron chi connectivity index (χ2n) is 4.26. The molecule has 1 heterocycles. The second-order valence-corrected chi connectivity index (χ2v) is 5.17. The largest absolute Gasteiger partial charge is 0.313 e. The maximum atomic E-state index is 4.58. The van der Waals surface area contributed by atoms with Crippen molar-refractivity contribution in [1.82, 2.24) is 15.3 Å². The van der Waals surface area contributed by atoms with Gasteiger partial charge in [-0.25, -0.2) is 9.97 Å². The lowest BCUT2D eigenvalue weighted by atomic mass is 10.1. The number of nitrogens with zero attached hydrogens (tertiary/aromatic N) is 2. The summed E-state index contributed by atoms with van der Waals surface area (Å²) >= 11 is 3.46. The smallest absolute Gasteiger partial charge is 0.159 e. The number of aryl methyl sites for hydroxylation is 1. The van der Waals surface area contributed by atoms with Crippen LogP contribution in [0.2, 0.25) is 0 Å². The van der Waals surface area contributed by atoms with Gasteiger partial charge >= 0.3 is 0 Å². The van der Waals surface area contributed by atoms with Crippen LogP contribution in [0.25, 0.3) is 11.4 Å². The van der Waals surface area contributed by atoms with Gasteiger partial charge in [-0.1, -0.05) is 28.1 Å². The molecule has 0 saturated carbocycles. The molecule has 3 nitrogen and oxygen atoms in total. The Labute approximate surface area is 116 Å². The van der Waals surface area contributed by atoms with Crippen LogP contribution in [-0.4, -0.2) is 17.0 Å². The number of benzene rings is 1. The van der Waals surface area contributed by atoms with Crippen LogP contribution < -0.4 is 5.32 Å². The zero-order chi connectivity index (χ0) is 13.1. The van der Waals surface area contributed by atoms with Crippen LogP contribution in [0.1, 0.15) is 24.2 Å². The average Bonchev–Trinajstić information content (AvgIpc) is 2.37. The molecule has 0 amide bonds. The summed E-state index contributed by atoms with van der Waals surface area (Å²) in [5, 5.41) is 3.20. The fourth-order valence-corrected chi connectivity index (χ4v) is 2.22. The van der Waals surface area contributed by atoms with Crippen LogP contribution in [0.5, 0.6) is 0 Å². The SMILES string of the molecule is CNC(C)c1cnc(-c2cccc(Br)c2)nc1C. The highest BCUT2D eigenvalue weighted by atomic mass is 79.9. The first-order valence-electron chi connectivity index (χ1n) is 5.88. The highest BCUT2D eigenvalue weighted by Gasteiger charge is 2.10. The molecule has 0 bridgehead atoms. The quantitative estimate of drug-likeness (QED) is 0.943. The Bertz CT molecular complexity index is 554. The Morgan fingerprint density at radius 1 is 1.33 bits per heavy atom. The van der Waals surface area contributed by atoms with Gasteiger partial charge in [-0.3, -0.25) is 0 Å². The molecule has 1 atom stereocenters. The van der Waals surface area contributed by atoms with E-state index >= 15 is 0 Å². The van der Waals surface area contributed by atoms with Crippen molar-refractivity contribution in [3.63, 3.8) is 0 Å². The highest BCUT2D eigenvalue weighted by molar-refractivity contribution is 9.10. The van der Waals surface area contributed by atoms with Gasteiger partial charge in [0.15, 0.2) is 5.82 Å². The molecule has 0 aliphatic heterocycles. The maximum absolute atomic E-state index is 4.58. The summed E-state index contributed by atoms with van der Waals surface area (Å²) in [6.45, 7) is 4.12. The van der Waals surface area contributed by atoms with Crippen molar-refractivity contribution in [2.45, 2.75) is 19.9 Å². The first-order valence-corrected chi connectivity index (χ1v) is 6.68. The predicted molar refractivity (Wildman–Crippen MR) is 77.4 cm³/mol. The molecule has 4 heteroatoms. The molecule has 1 aromatic carbocycles. The number of halogens is 1. The van der Waals surface area contributed by atoms with Crippen molar-refractivity contribution in [3.05, 3.63) is 46.2 Å². The summed E-state index contributed by atoms with van der Waals surface area (Å²) in [5.41, 5.74) is 3.18. The molecule has 2 aromatic rings. The maximum Gasteiger partial charge on any atom is 0.159 e. The number of aromatic nitrogens is 2. The molecule has 1 aromatic heterocycles. The van der Waals surface area contributed by atoms with Gasteiger partial charge in [-0.05, 0) is 33.0 Å². The van der Waals surface area contributed by atoms with Crippen LogP contribution >= 0.6 is 15.9 Å². The normalized spacial score (nSPS) is 12.4. The van der Waals surface area contributed by atoms with Crippen molar-refractivity contribution >= 4 is 15.9 Å². The van der Waals surface area contributed by atoms with E-state index in [0.29, 0.717) is 0 Å². The van der Waals surface area contributed by atoms with Gasteiger partial charge in [0.25, 0.3) is 0 Å². The van der Waals surface area contributed by atoms with Crippen LogP contribution in [0.15, 0.2) is 34.9 Å². The molecule has 18 heavy (non-hydrogen) atoms. The minimum atomic E-state index is 0.265. The summed E-state index contributed by atoms with van der Waals surface area (Å²) in [5.74, 6) is 0.765. The van der Waals surface area contributed by atoms with Gasteiger partial charge in [-0.2, -0.15) is 0 Å².